The highest BCUT2D eigenvalue weighted by molar-refractivity contribution is 5.92. The van der Waals surface area contributed by atoms with Crippen LogP contribution in [-0.4, -0.2) is 28.0 Å². The van der Waals surface area contributed by atoms with Gasteiger partial charge in [0.15, 0.2) is 0 Å². The molecule has 0 aliphatic rings. The van der Waals surface area contributed by atoms with Crippen molar-refractivity contribution in [2.45, 2.75) is 0 Å². The van der Waals surface area contributed by atoms with Gasteiger partial charge in [0.05, 0.1) is 25.6 Å². The van der Waals surface area contributed by atoms with E-state index in [0.717, 1.165) is 0 Å². The highest BCUT2D eigenvalue weighted by Crippen LogP contribution is 2.30. The van der Waals surface area contributed by atoms with Gasteiger partial charge in [-0.3, -0.25) is 0 Å². The summed E-state index contributed by atoms with van der Waals surface area (Å²) in [5, 5.41) is 12.8. The van der Waals surface area contributed by atoms with Crippen LogP contribution in [0.4, 0.5) is 11.5 Å². The van der Waals surface area contributed by atoms with Gasteiger partial charge in [-0.25, -0.2) is 14.3 Å². The number of rotatable bonds is 3. The normalized spacial score (nSPS) is 9.89. The molecule has 19 heavy (non-hydrogen) atoms. The average molecular weight is 258 g/mol. The van der Waals surface area contributed by atoms with Crippen molar-refractivity contribution in [3.05, 3.63) is 41.4 Å². The quantitative estimate of drug-likeness (QED) is 0.817. The minimum atomic E-state index is -1.15. The van der Waals surface area contributed by atoms with Gasteiger partial charge in [-0.2, -0.15) is 5.10 Å². The zero-order valence-corrected chi connectivity index (χ0v) is 9.99. The van der Waals surface area contributed by atoms with Gasteiger partial charge in [0.1, 0.15) is 17.1 Å². The molecule has 1 aromatic heterocycles. The monoisotopic (exact) mass is 258 g/mol. The lowest BCUT2D eigenvalue weighted by Gasteiger charge is -2.07. The van der Waals surface area contributed by atoms with Crippen LogP contribution < -0.4 is 10.5 Å². The molecular formula is C12H10N4O3. The molecule has 3 N–H and O–H groups in total. The molecular weight excluding hydrogens is 248 g/mol. The number of methoxy groups -OCH3 is 1. The third-order valence-electron chi connectivity index (χ3n) is 2.56. The molecule has 2 rings (SSSR count). The number of carboxylic acids is 1. The third-order valence-corrected chi connectivity index (χ3v) is 2.56. The molecule has 2 aromatic rings. The summed E-state index contributed by atoms with van der Waals surface area (Å²) in [6.45, 7) is 7.06. The number of carboxylic acid groups (broad SMARTS) is 1. The zero-order valence-electron chi connectivity index (χ0n) is 9.99. The fourth-order valence-corrected chi connectivity index (χ4v) is 1.63. The molecule has 0 fully saturated rings. The number of nitrogens with two attached hydrogens (primary N) is 1. The second kappa shape index (κ2) is 4.70. The van der Waals surface area contributed by atoms with Crippen molar-refractivity contribution < 1.29 is 14.6 Å². The van der Waals surface area contributed by atoms with E-state index in [9.17, 15) is 4.79 Å². The molecule has 1 aromatic carbocycles. The molecule has 0 unspecified atom stereocenters. The first kappa shape index (κ1) is 12.4. The van der Waals surface area contributed by atoms with E-state index in [1.807, 2.05) is 0 Å². The molecule has 7 nitrogen and oxygen atoms in total. The molecule has 0 radical (unpaired) electrons. The van der Waals surface area contributed by atoms with E-state index in [4.69, 9.17) is 22.1 Å². The predicted molar refractivity (Wildman–Crippen MR) is 67.7 cm³/mol. The fraction of sp³-hybridized carbons (Fsp3) is 0.0833. The number of nitrogens with zero attached hydrogens (tertiary/aromatic N) is 3. The highest BCUT2D eigenvalue weighted by Gasteiger charge is 2.15. The number of hydrogen-bond acceptors (Lipinski definition) is 4. The van der Waals surface area contributed by atoms with E-state index in [0.29, 0.717) is 17.1 Å². The first-order chi connectivity index (χ1) is 9.08. The number of benzene rings is 1. The molecule has 1 heterocycles. The van der Waals surface area contributed by atoms with Crippen molar-refractivity contribution >= 4 is 17.5 Å². The summed E-state index contributed by atoms with van der Waals surface area (Å²) in [7, 11) is 1.47. The van der Waals surface area contributed by atoms with Crippen LogP contribution in [0.25, 0.3) is 10.5 Å². The number of aromatic carboxylic acids is 1. The van der Waals surface area contributed by atoms with Gasteiger partial charge >= 0.3 is 5.97 Å². The third kappa shape index (κ3) is 2.07. The summed E-state index contributed by atoms with van der Waals surface area (Å²) in [5.74, 6) is -0.709. The van der Waals surface area contributed by atoms with E-state index in [1.54, 1.807) is 12.1 Å². The van der Waals surface area contributed by atoms with Crippen LogP contribution in [0.5, 0.6) is 5.75 Å². The van der Waals surface area contributed by atoms with Gasteiger partial charge in [0, 0.05) is 0 Å². The van der Waals surface area contributed by atoms with Crippen LogP contribution in [0, 0.1) is 6.57 Å². The summed E-state index contributed by atoms with van der Waals surface area (Å²) in [6, 6.07) is 4.77. The van der Waals surface area contributed by atoms with Gasteiger partial charge in [-0.15, -0.1) is 0 Å². The van der Waals surface area contributed by atoms with Crippen LogP contribution >= 0.6 is 0 Å². The lowest BCUT2D eigenvalue weighted by Crippen LogP contribution is -2.05. The first-order valence-corrected chi connectivity index (χ1v) is 5.21. The Hall–Kier alpha value is -3.01. The fourth-order valence-electron chi connectivity index (χ4n) is 1.63. The Balaban J connectivity index is 2.54. The molecule has 0 aliphatic carbocycles. The van der Waals surface area contributed by atoms with Crippen LogP contribution in [-0.2, 0) is 0 Å². The highest BCUT2D eigenvalue weighted by atomic mass is 16.5. The Kier molecular flexibility index (Phi) is 3.08. The maximum atomic E-state index is 10.9. The van der Waals surface area contributed by atoms with Gasteiger partial charge in [-0.1, -0.05) is 0 Å². The number of aromatic nitrogens is 2. The second-order valence-corrected chi connectivity index (χ2v) is 3.63. The van der Waals surface area contributed by atoms with Gasteiger partial charge < -0.3 is 15.6 Å². The average Bonchev–Trinajstić information content (AvgIpc) is 2.80. The maximum Gasteiger partial charge on any atom is 0.341 e. The minimum absolute atomic E-state index is 0.00796. The molecule has 0 aliphatic heterocycles. The second-order valence-electron chi connectivity index (χ2n) is 3.63. The van der Waals surface area contributed by atoms with Crippen molar-refractivity contribution in [1.29, 1.82) is 0 Å². The molecule has 96 valence electrons. The lowest BCUT2D eigenvalue weighted by molar-refractivity contribution is 0.0698. The summed E-state index contributed by atoms with van der Waals surface area (Å²) in [4.78, 5) is 14.2. The Morgan fingerprint density at radius 3 is 2.84 bits per heavy atom. The first-order valence-electron chi connectivity index (χ1n) is 5.21. The summed E-state index contributed by atoms with van der Waals surface area (Å²) >= 11 is 0. The summed E-state index contributed by atoms with van der Waals surface area (Å²) in [6.07, 6.45) is 1.17. The van der Waals surface area contributed by atoms with E-state index < -0.39 is 5.97 Å². The van der Waals surface area contributed by atoms with Gasteiger partial charge in [0.2, 0.25) is 5.69 Å². The molecule has 0 atom stereocenters. The van der Waals surface area contributed by atoms with E-state index in [1.165, 1.54) is 24.1 Å². The SMILES string of the molecule is [C-]#[N+]c1cc(-n2ncc(C(=O)O)c2N)ccc1OC. The molecule has 0 saturated heterocycles. The number of carbonyl (C=O) groups is 1. The van der Waals surface area contributed by atoms with Crippen molar-refractivity contribution in [3.8, 4) is 11.4 Å². The largest absolute Gasteiger partial charge is 0.508 e. The maximum absolute atomic E-state index is 10.9. The predicted octanol–water partition coefficient (Wildman–Crippen LogP) is 1.71. The lowest BCUT2D eigenvalue weighted by atomic mass is 10.2. The smallest absolute Gasteiger partial charge is 0.341 e. The van der Waals surface area contributed by atoms with E-state index in [2.05, 4.69) is 9.94 Å². The van der Waals surface area contributed by atoms with E-state index in [-0.39, 0.29) is 11.4 Å². The summed E-state index contributed by atoms with van der Waals surface area (Å²) in [5.41, 5.74) is 6.42. The molecule has 0 saturated carbocycles. The number of hydrogen-bond donors (Lipinski definition) is 2. The molecule has 0 amide bonds. The Labute approximate surface area is 108 Å². The zero-order chi connectivity index (χ0) is 14.0. The summed E-state index contributed by atoms with van der Waals surface area (Å²) < 4.78 is 6.29. The standard InChI is InChI=1S/C12H10N4O3/c1-14-9-5-7(3-4-10(9)19-2)16-11(13)8(6-15-16)12(17)18/h3-6H,13H2,2H3,(H,17,18). The molecule has 7 heteroatoms. The molecule has 0 spiro atoms. The van der Waals surface area contributed by atoms with Crippen molar-refractivity contribution in [2.75, 3.05) is 12.8 Å². The van der Waals surface area contributed by atoms with Crippen LogP contribution in [0.1, 0.15) is 10.4 Å². The van der Waals surface area contributed by atoms with Crippen molar-refractivity contribution in [2.24, 2.45) is 0 Å². The van der Waals surface area contributed by atoms with Crippen LogP contribution in [0.3, 0.4) is 0 Å². The Bertz CT molecular complexity index is 685. The number of anilines is 1. The van der Waals surface area contributed by atoms with Gasteiger partial charge in [-0.05, 0) is 18.2 Å². The van der Waals surface area contributed by atoms with E-state index >= 15 is 0 Å². The van der Waals surface area contributed by atoms with Crippen molar-refractivity contribution in [1.82, 2.24) is 9.78 Å². The van der Waals surface area contributed by atoms with Crippen LogP contribution in [0.15, 0.2) is 24.4 Å². The van der Waals surface area contributed by atoms with Crippen LogP contribution in [0.2, 0.25) is 0 Å². The Morgan fingerprint density at radius 2 is 2.32 bits per heavy atom. The number of nitrogen functional groups attached to an aromatic ring is 1. The number of ether oxygens (including phenoxy) is 1. The molecule has 0 bridgehead atoms. The van der Waals surface area contributed by atoms with Crippen molar-refractivity contribution in [3.63, 3.8) is 0 Å². The Morgan fingerprint density at radius 1 is 1.58 bits per heavy atom. The topological polar surface area (TPSA) is 94.7 Å². The minimum Gasteiger partial charge on any atom is -0.508 e. The van der Waals surface area contributed by atoms with Gasteiger partial charge in [0.25, 0.3) is 0 Å².